The molecule has 1 aromatic rings. The number of aliphatic hydroxyl groups is 1. The number of hydrogen-bond donors (Lipinski definition) is 2. The summed E-state index contributed by atoms with van der Waals surface area (Å²) >= 11 is 3.37. The molecule has 2 rings (SSSR count). The zero-order chi connectivity index (χ0) is 13.9. The predicted molar refractivity (Wildman–Crippen MR) is 80.6 cm³/mol. The molecule has 1 fully saturated rings. The second kappa shape index (κ2) is 6.33. The molecule has 3 unspecified atom stereocenters. The molecule has 0 saturated heterocycles. The fourth-order valence-electron chi connectivity index (χ4n) is 3.28. The van der Waals surface area contributed by atoms with Crippen molar-refractivity contribution in [2.24, 2.45) is 17.1 Å². The number of aliphatic hydroxyl groups excluding tert-OH is 1. The van der Waals surface area contributed by atoms with Crippen molar-refractivity contribution < 1.29 is 5.11 Å². The van der Waals surface area contributed by atoms with Crippen LogP contribution in [0.15, 0.2) is 22.8 Å². The van der Waals surface area contributed by atoms with Crippen LogP contribution in [0.5, 0.6) is 0 Å². The molecule has 1 aliphatic carbocycles. The van der Waals surface area contributed by atoms with Gasteiger partial charge in [0.05, 0.1) is 5.69 Å². The van der Waals surface area contributed by atoms with Crippen molar-refractivity contribution in [3.63, 3.8) is 0 Å². The van der Waals surface area contributed by atoms with E-state index in [2.05, 4.69) is 27.8 Å². The Hall–Kier alpha value is -0.450. The number of aromatic nitrogens is 1. The summed E-state index contributed by atoms with van der Waals surface area (Å²) in [7, 11) is 0. The Labute approximate surface area is 123 Å². The topological polar surface area (TPSA) is 59.1 Å². The molecule has 19 heavy (non-hydrogen) atoms. The van der Waals surface area contributed by atoms with E-state index in [4.69, 9.17) is 5.73 Å². The van der Waals surface area contributed by atoms with Gasteiger partial charge in [-0.1, -0.05) is 26.2 Å². The highest BCUT2D eigenvalue weighted by atomic mass is 79.9. The highest BCUT2D eigenvalue weighted by Gasteiger charge is 2.41. The first-order valence-corrected chi connectivity index (χ1v) is 7.90. The Morgan fingerprint density at radius 1 is 1.58 bits per heavy atom. The maximum Gasteiger partial charge on any atom is 0.103 e. The zero-order valence-electron chi connectivity index (χ0n) is 11.5. The molecule has 0 aromatic carbocycles. The Morgan fingerprint density at radius 3 is 2.95 bits per heavy atom. The molecule has 3 N–H and O–H groups in total. The third-order valence-electron chi connectivity index (χ3n) is 4.58. The first-order valence-electron chi connectivity index (χ1n) is 7.11. The van der Waals surface area contributed by atoms with Gasteiger partial charge in [-0.2, -0.15) is 0 Å². The number of nitrogens with zero attached hydrogens (tertiary/aromatic N) is 1. The molecule has 4 heteroatoms. The smallest absolute Gasteiger partial charge is 0.103 e. The Bertz CT molecular complexity index is 409. The molecule has 3 atom stereocenters. The van der Waals surface area contributed by atoms with E-state index in [0.29, 0.717) is 12.5 Å². The first kappa shape index (κ1) is 14.9. The molecule has 0 bridgehead atoms. The second-order valence-corrected chi connectivity index (χ2v) is 6.66. The summed E-state index contributed by atoms with van der Waals surface area (Å²) < 4.78 is 0.931. The van der Waals surface area contributed by atoms with Crippen LogP contribution in [0, 0.1) is 11.3 Å². The normalized spacial score (nSPS) is 29.2. The summed E-state index contributed by atoms with van der Waals surface area (Å²) in [6.07, 6.45) is 6.78. The van der Waals surface area contributed by atoms with Crippen LogP contribution in [-0.2, 0) is 0 Å². The summed E-state index contributed by atoms with van der Waals surface area (Å²) in [4.78, 5) is 4.34. The van der Waals surface area contributed by atoms with E-state index in [-0.39, 0.29) is 5.41 Å². The fourth-order valence-corrected chi connectivity index (χ4v) is 3.51. The average Bonchev–Trinajstić information content (AvgIpc) is 2.47. The van der Waals surface area contributed by atoms with Crippen LogP contribution in [0.1, 0.15) is 50.8 Å². The minimum absolute atomic E-state index is 0.195. The molecule has 0 radical (unpaired) electrons. The van der Waals surface area contributed by atoms with E-state index >= 15 is 0 Å². The van der Waals surface area contributed by atoms with Crippen molar-refractivity contribution >= 4 is 15.9 Å². The van der Waals surface area contributed by atoms with Gasteiger partial charge in [0.2, 0.25) is 0 Å². The predicted octanol–water partition coefficient (Wildman–Crippen LogP) is 3.42. The molecular weight excluding hydrogens is 304 g/mol. The lowest BCUT2D eigenvalue weighted by atomic mass is 9.65. The van der Waals surface area contributed by atoms with E-state index in [9.17, 15) is 5.11 Å². The summed E-state index contributed by atoms with van der Waals surface area (Å²) in [5.74, 6) is 0.683. The van der Waals surface area contributed by atoms with E-state index in [1.54, 1.807) is 6.20 Å². The van der Waals surface area contributed by atoms with E-state index in [1.807, 2.05) is 12.1 Å². The summed E-state index contributed by atoms with van der Waals surface area (Å²) in [5, 5.41) is 10.7. The van der Waals surface area contributed by atoms with Gasteiger partial charge < -0.3 is 10.8 Å². The van der Waals surface area contributed by atoms with Crippen molar-refractivity contribution in [3.8, 4) is 0 Å². The lowest BCUT2D eigenvalue weighted by Crippen LogP contribution is -2.41. The van der Waals surface area contributed by atoms with Crippen LogP contribution in [0.3, 0.4) is 0 Å². The van der Waals surface area contributed by atoms with E-state index in [1.165, 1.54) is 12.8 Å². The van der Waals surface area contributed by atoms with Crippen molar-refractivity contribution in [2.75, 3.05) is 6.54 Å². The average molecular weight is 327 g/mol. The van der Waals surface area contributed by atoms with Gasteiger partial charge in [-0.3, -0.25) is 4.98 Å². The van der Waals surface area contributed by atoms with Crippen molar-refractivity contribution in [1.82, 2.24) is 4.98 Å². The van der Waals surface area contributed by atoms with Gasteiger partial charge in [0.15, 0.2) is 0 Å². The Morgan fingerprint density at radius 2 is 2.37 bits per heavy atom. The first-order chi connectivity index (χ1) is 9.11. The molecule has 0 spiro atoms. The molecular formula is C15H23BrN2O. The molecule has 1 saturated carbocycles. The van der Waals surface area contributed by atoms with Crippen LogP contribution < -0.4 is 5.73 Å². The molecule has 3 nitrogen and oxygen atoms in total. The second-order valence-electron chi connectivity index (χ2n) is 5.74. The SMILES string of the molecule is CCC1CCCC(CN)(C(O)c2ccc(Br)cn2)C1. The highest BCUT2D eigenvalue weighted by molar-refractivity contribution is 9.10. The van der Waals surface area contributed by atoms with Gasteiger partial charge >= 0.3 is 0 Å². The van der Waals surface area contributed by atoms with Crippen molar-refractivity contribution in [2.45, 2.75) is 45.1 Å². The van der Waals surface area contributed by atoms with Gasteiger partial charge in [-0.15, -0.1) is 0 Å². The highest BCUT2D eigenvalue weighted by Crippen LogP contribution is 2.47. The zero-order valence-corrected chi connectivity index (χ0v) is 13.1. The van der Waals surface area contributed by atoms with Gasteiger partial charge in [-0.25, -0.2) is 0 Å². The van der Waals surface area contributed by atoms with Crippen LogP contribution in [0.4, 0.5) is 0 Å². The minimum Gasteiger partial charge on any atom is -0.386 e. The minimum atomic E-state index is -0.556. The standard InChI is InChI=1S/C15H23BrN2O/c1-2-11-4-3-7-15(8-11,10-17)14(19)13-6-5-12(16)9-18-13/h5-6,9,11,14,19H,2-4,7-8,10,17H2,1H3. The Kier molecular flexibility index (Phi) is 4.98. The number of rotatable bonds is 4. The quantitative estimate of drug-likeness (QED) is 0.891. The maximum absolute atomic E-state index is 10.7. The Balaban J connectivity index is 2.22. The van der Waals surface area contributed by atoms with Crippen LogP contribution in [0.2, 0.25) is 0 Å². The molecule has 1 aromatic heterocycles. The lowest BCUT2D eigenvalue weighted by Gasteiger charge is -2.43. The van der Waals surface area contributed by atoms with Crippen LogP contribution in [-0.4, -0.2) is 16.6 Å². The fraction of sp³-hybridized carbons (Fsp3) is 0.667. The van der Waals surface area contributed by atoms with Crippen LogP contribution in [0.25, 0.3) is 0 Å². The molecule has 1 aliphatic rings. The van der Waals surface area contributed by atoms with Gasteiger partial charge in [0.1, 0.15) is 6.10 Å². The van der Waals surface area contributed by atoms with E-state index in [0.717, 1.165) is 29.4 Å². The molecule has 1 heterocycles. The summed E-state index contributed by atoms with van der Waals surface area (Å²) in [6, 6.07) is 3.82. The molecule has 0 aliphatic heterocycles. The van der Waals surface area contributed by atoms with E-state index < -0.39 is 6.10 Å². The van der Waals surface area contributed by atoms with Gasteiger partial charge in [0, 0.05) is 22.6 Å². The summed E-state index contributed by atoms with van der Waals surface area (Å²) in [6.45, 7) is 2.75. The molecule has 106 valence electrons. The van der Waals surface area contributed by atoms with Crippen molar-refractivity contribution in [3.05, 3.63) is 28.5 Å². The number of pyridine rings is 1. The maximum atomic E-state index is 10.7. The lowest BCUT2D eigenvalue weighted by molar-refractivity contribution is -0.0187. The number of halogens is 1. The van der Waals surface area contributed by atoms with Gasteiger partial charge in [0.25, 0.3) is 0 Å². The monoisotopic (exact) mass is 326 g/mol. The number of hydrogen-bond acceptors (Lipinski definition) is 3. The van der Waals surface area contributed by atoms with Crippen molar-refractivity contribution in [1.29, 1.82) is 0 Å². The number of nitrogens with two attached hydrogens (primary N) is 1. The molecule has 0 amide bonds. The van der Waals surface area contributed by atoms with Gasteiger partial charge in [-0.05, 0) is 46.8 Å². The third kappa shape index (κ3) is 3.18. The largest absolute Gasteiger partial charge is 0.386 e. The van der Waals surface area contributed by atoms with Crippen LogP contribution >= 0.6 is 15.9 Å². The summed E-state index contributed by atoms with van der Waals surface area (Å²) in [5.41, 5.74) is 6.57. The third-order valence-corrected chi connectivity index (χ3v) is 5.05.